The minimum absolute atomic E-state index is 0.236. The van der Waals surface area contributed by atoms with Crippen molar-refractivity contribution < 1.29 is 14.3 Å². The van der Waals surface area contributed by atoms with Gasteiger partial charge in [-0.2, -0.15) is 0 Å². The van der Waals surface area contributed by atoms with E-state index in [0.29, 0.717) is 17.9 Å². The molecule has 3 rings (SSSR count). The molecule has 6 heteroatoms. The number of fused-ring (bicyclic) bond motifs is 1. The number of aromatic carboxylic acids is 1. The van der Waals surface area contributed by atoms with Crippen LogP contribution in [0, 0.1) is 5.82 Å². The van der Waals surface area contributed by atoms with E-state index in [1.807, 2.05) is 4.57 Å². The number of aromatic nitrogens is 2. The first kappa shape index (κ1) is 14.2. The summed E-state index contributed by atoms with van der Waals surface area (Å²) in [7, 11) is 0. The Hall–Kier alpha value is -2.73. The zero-order valence-corrected chi connectivity index (χ0v) is 11.7. The van der Waals surface area contributed by atoms with Gasteiger partial charge in [-0.15, -0.1) is 0 Å². The van der Waals surface area contributed by atoms with E-state index in [9.17, 15) is 9.18 Å². The third-order valence-electron chi connectivity index (χ3n) is 3.51. The molecular formula is C16H14FN3O2. The average Bonchev–Trinajstić information content (AvgIpc) is 2.84. The van der Waals surface area contributed by atoms with Gasteiger partial charge in [0, 0.05) is 12.6 Å². The molecule has 3 N–H and O–H groups in total. The maximum absolute atomic E-state index is 13.3. The Kier molecular flexibility index (Phi) is 3.60. The number of hydrogen-bond donors (Lipinski definition) is 2. The molecule has 0 aliphatic rings. The van der Waals surface area contributed by atoms with E-state index in [4.69, 9.17) is 10.8 Å². The Bertz CT molecular complexity index is 840. The summed E-state index contributed by atoms with van der Waals surface area (Å²) >= 11 is 0. The second-order valence-electron chi connectivity index (χ2n) is 4.95. The topological polar surface area (TPSA) is 81.1 Å². The van der Waals surface area contributed by atoms with Crippen molar-refractivity contribution >= 4 is 17.0 Å². The van der Waals surface area contributed by atoms with E-state index in [2.05, 4.69) is 4.98 Å². The monoisotopic (exact) mass is 299 g/mol. The van der Waals surface area contributed by atoms with Crippen molar-refractivity contribution in [2.75, 3.05) is 0 Å². The number of nitrogens with zero attached hydrogens (tertiary/aromatic N) is 2. The van der Waals surface area contributed by atoms with Crippen LogP contribution in [0.15, 0.2) is 42.5 Å². The smallest absolute Gasteiger partial charge is 0.335 e. The Labute approximate surface area is 125 Å². The lowest BCUT2D eigenvalue weighted by Crippen LogP contribution is -2.09. The first-order valence-corrected chi connectivity index (χ1v) is 6.75. The number of carbonyl (C=O) groups is 1. The Morgan fingerprint density at radius 1 is 1.23 bits per heavy atom. The number of carboxylic acid groups (broad SMARTS) is 1. The molecule has 22 heavy (non-hydrogen) atoms. The third kappa shape index (κ3) is 2.56. The van der Waals surface area contributed by atoms with Crippen LogP contribution in [0.25, 0.3) is 11.0 Å². The molecule has 0 aliphatic heterocycles. The first-order valence-electron chi connectivity index (χ1n) is 6.75. The molecule has 1 heterocycles. The molecule has 0 amide bonds. The SMILES string of the molecule is NCc1nc2cc(F)ccc2n1Cc1ccc(C(=O)O)cc1. The molecule has 0 bridgehead atoms. The molecule has 0 saturated heterocycles. The lowest BCUT2D eigenvalue weighted by atomic mass is 10.1. The van der Waals surface area contributed by atoms with Crippen LogP contribution in [-0.2, 0) is 13.1 Å². The van der Waals surface area contributed by atoms with Crippen LogP contribution >= 0.6 is 0 Å². The second-order valence-corrected chi connectivity index (χ2v) is 4.95. The standard InChI is InChI=1S/C16H14FN3O2/c17-12-5-6-14-13(7-12)19-15(8-18)20(14)9-10-1-3-11(4-2-10)16(21)22/h1-7H,8-9,18H2,(H,21,22). The number of benzene rings is 2. The van der Waals surface area contributed by atoms with Crippen LogP contribution in [-0.4, -0.2) is 20.6 Å². The van der Waals surface area contributed by atoms with E-state index in [0.717, 1.165) is 11.1 Å². The molecule has 5 nitrogen and oxygen atoms in total. The fourth-order valence-electron chi connectivity index (χ4n) is 2.42. The van der Waals surface area contributed by atoms with Gasteiger partial charge in [-0.3, -0.25) is 0 Å². The summed E-state index contributed by atoms with van der Waals surface area (Å²) in [6.45, 7) is 0.734. The lowest BCUT2D eigenvalue weighted by Gasteiger charge is -2.08. The maximum atomic E-state index is 13.3. The summed E-state index contributed by atoms with van der Waals surface area (Å²) in [4.78, 5) is 15.2. The summed E-state index contributed by atoms with van der Waals surface area (Å²) in [5, 5.41) is 8.91. The maximum Gasteiger partial charge on any atom is 0.335 e. The van der Waals surface area contributed by atoms with Crippen molar-refractivity contribution in [2.24, 2.45) is 5.73 Å². The van der Waals surface area contributed by atoms with Crippen molar-refractivity contribution in [1.29, 1.82) is 0 Å². The molecule has 0 radical (unpaired) electrons. The van der Waals surface area contributed by atoms with Crippen molar-refractivity contribution in [3.05, 3.63) is 65.2 Å². The zero-order valence-electron chi connectivity index (χ0n) is 11.7. The second kappa shape index (κ2) is 5.57. The largest absolute Gasteiger partial charge is 0.478 e. The summed E-state index contributed by atoms with van der Waals surface area (Å²) in [6.07, 6.45) is 0. The molecular weight excluding hydrogens is 285 g/mol. The van der Waals surface area contributed by atoms with E-state index in [1.54, 1.807) is 30.3 Å². The average molecular weight is 299 g/mol. The van der Waals surface area contributed by atoms with Crippen molar-refractivity contribution in [3.8, 4) is 0 Å². The molecule has 0 spiro atoms. The minimum atomic E-state index is -0.960. The van der Waals surface area contributed by atoms with Crippen molar-refractivity contribution in [1.82, 2.24) is 9.55 Å². The Balaban J connectivity index is 2.00. The number of nitrogens with two attached hydrogens (primary N) is 1. The zero-order chi connectivity index (χ0) is 15.7. The Morgan fingerprint density at radius 2 is 1.95 bits per heavy atom. The normalized spacial score (nSPS) is 11.0. The highest BCUT2D eigenvalue weighted by Crippen LogP contribution is 2.19. The van der Waals surface area contributed by atoms with Crippen molar-refractivity contribution in [2.45, 2.75) is 13.1 Å². The van der Waals surface area contributed by atoms with Gasteiger partial charge in [-0.25, -0.2) is 14.2 Å². The van der Waals surface area contributed by atoms with Crippen LogP contribution in [0.3, 0.4) is 0 Å². The van der Waals surface area contributed by atoms with Crippen LogP contribution in [0.2, 0.25) is 0 Å². The predicted molar refractivity (Wildman–Crippen MR) is 80.1 cm³/mol. The number of halogens is 1. The molecule has 0 aliphatic carbocycles. The first-order chi connectivity index (χ1) is 10.6. The van der Waals surface area contributed by atoms with Gasteiger partial charge in [0.05, 0.1) is 23.1 Å². The van der Waals surface area contributed by atoms with E-state index >= 15 is 0 Å². The fourth-order valence-corrected chi connectivity index (χ4v) is 2.42. The van der Waals surface area contributed by atoms with Crippen LogP contribution in [0.4, 0.5) is 4.39 Å². The summed E-state index contributed by atoms with van der Waals surface area (Å²) < 4.78 is 15.2. The quantitative estimate of drug-likeness (QED) is 0.775. The van der Waals surface area contributed by atoms with Crippen molar-refractivity contribution in [3.63, 3.8) is 0 Å². The molecule has 0 fully saturated rings. The van der Waals surface area contributed by atoms with Gasteiger partial charge in [0.15, 0.2) is 0 Å². The van der Waals surface area contributed by atoms with Gasteiger partial charge < -0.3 is 15.4 Å². The van der Waals surface area contributed by atoms with E-state index in [1.165, 1.54) is 12.1 Å². The summed E-state index contributed by atoms with van der Waals surface area (Å²) in [6, 6.07) is 11.0. The molecule has 2 aromatic carbocycles. The van der Waals surface area contributed by atoms with Gasteiger partial charge in [0.25, 0.3) is 0 Å². The van der Waals surface area contributed by atoms with Gasteiger partial charge in [0.2, 0.25) is 0 Å². The molecule has 0 atom stereocenters. The summed E-state index contributed by atoms with van der Waals surface area (Å²) in [5.74, 6) is -0.646. The van der Waals surface area contributed by atoms with E-state index in [-0.39, 0.29) is 17.9 Å². The van der Waals surface area contributed by atoms with Gasteiger partial charge >= 0.3 is 5.97 Å². The van der Waals surface area contributed by atoms with Crippen LogP contribution < -0.4 is 5.73 Å². The molecule has 0 unspecified atom stereocenters. The van der Waals surface area contributed by atoms with Crippen LogP contribution in [0.5, 0.6) is 0 Å². The molecule has 3 aromatic rings. The summed E-state index contributed by atoms with van der Waals surface area (Å²) in [5.41, 5.74) is 8.22. The molecule has 0 saturated carbocycles. The van der Waals surface area contributed by atoms with Gasteiger partial charge in [-0.05, 0) is 29.8 Å². The highest BCUT2D eigenvalue weighted by Gasteiger charge is 2.11. The minimum Gasteiger partial charge on any atom is -0.478 e. The van der Waals surface area contributed by atoms with E-state index < -0.39 is 5.97 Å². The third-order valence-corrected chi connectivity index (χ3v) is 3.51. The number of imidazole rings is 1. The number of rotatable bonds is 4. The predicted octanol–water partition coefficient (Wildman–Crippen LogP) is 2.38. The van der Waals surface area contributed by atoms with Crippen LogP contribution in [0.1, 0.15) is 21.7 Å². The molecule has 112 valence electrons. The Morgan fingerprint density at radius 3 is 2.59 bits per heavy atom. The lowest BCUT2D eigenvalue weighted by molar-refractivity contribution is 0.0697. The van der Waals surface area contributed by atoms with Gasteiger partial charge in [0.1, 0.15) is 11.6 Å². The number of hydrogen-bond acceptors (Lipinski definition) is 3. The highest BCUT2D eigenvalue weighted by molar-refractivity contribution is 5.87. The highest BCUT2D eigenvalue weighted by atomic mass is 19.1. The molecule has 1 aromatic heterocycles. The fraction of sp³-hybridized carbons (Fsp3) is 0.125. The van der Waals surface area contributed by atoms with Gasteiger partial charge in [-0.1, -0.05) is 12.1 Å². The number of carboxylic acids is 1.